The van der Waals surface area contributed by atoms with Gasteiger partial charge < -0.3 is 9.84 Å². The van der Waals surface area contributed by atoms with Gasteiger partial charge in [0.1, 0.15) is 0 Å². The van der Waals surface area contributed by atoms with Crippen molar-refractivity contribution in [2.45, 2.75) is 46.1 Å². The van der Waals surface area contributed by atoms with Crippen molar-refractivity contribution in [3.63, 3.8) is 0 Å². The number of carbonyl (C=O) groups is 2. The van der Waals surface area contributed by atoms with E-state index in [0.29, 0.717) is 11.7 Å². The fourth-order valence-corrected chi connectivity index (χ4v) is 2.08. The normalized spacial score (nSPS) is 12.4. The van der Waals surface area contributed by atoms with Gasteiger partial charge >= 0.3 is 11.9 Å². The van der Waals surface area contributed by atoms with Crippen molar-refractivity contribution < 1.29 is 19.4 Å². The van der Waals surface area contributed by atoms with E-state index >= 15 is 0 Å². The molecule has 0 fully saturated rings. The minimum atomic E-state index is -1.19. The Balaban J connectivity index is 2.79. The Hall–Kier alpha value is -1.85. The smallest absolute Gasteiger partial charge is 0.320 e. The summed E-state index contributed by atoms with van der Waals surface area (Å²) < 4.78 is 6.61. The number of carboxylic acids is 1. The number of carboxylic acid groups (broad SMARTS) is 1. The molecule has 0 aliphatic rings. The fraction of sp³-hybridized carbons (Fsp3) is 0.643. The molecule has 0 amide bonds. The van der Waals surface area contributed by atoms with Crippen molar-refractivity contribution in [3.05, 3.63) is 18.0 Å². The largest absolute Gasteiger partial charge is 0.481 e. The first-order valence-corrected chi connectivity index (χ1v) is 6.96. The molecule has 1 N–H and O–H groups in total. The van der Waals surface area contributed by atoms with Crippen molar-refractivity contribution >= 4 is 11.9 Å². The van der Waals surface area contributed by atoms with Crippen LogP contribution >= 0.6 is 0 Å². The predicted molar refractivity (Wildman–Crippen MR) is 73.3 cm³/mol. The van der Waals surface area contributed by atoms with Gasteiger partial charge in [-0.05, 0) is 25.8 Å². The number of rotatable bonds is 8. The maximum atomic E-state index is 11.6. The van der Waals surface area contributed by atoms with Crippen LogP contribution in [0.1, 0.15) is 45.3 Å². The second-order valence-corrected chi connectivity index (χ2v) is 4.60. The molecule has 0 radical (unpaired) electrons. The summed E-state index contributed by atoms with van der Waals surface area (Å²) >= 11 is 0. The molecule has 0 saturated heterocycles. The van der Waals surface area contributed by atoms with Crippen LogP contribution in [0.2, 0.25) is 0 Å². The zero-order valence-electron chi connectivity index (χ0n) is 12.2. The predicted octanol–water partition coefficient (Wildman–Crippen LogP) is 2.05. The molecule has 1 atom stereocenters. The molecule has 112 valence electrons. The van der Waals surface area contributed by atoms with Crippen molar-refractivity contribution in [3.8, 4) is 0 Å². The lowest BCUT2D eigenvalue weighted by molar-refractivity contribution is -0.158. The van der Waals surface area contributed by atoms with Gasteiger partial charge in [-0.15, -0.1) is 0 Å². The Bertz CT molecular complexity index is 452. The molecule has 1 unspecified atom stereocenters. The van der Waals surface area contributed by atoms with E-state index < -0.39 is 17.9 Å². The molecule has 0 spiro atoms. The highest BCUT2D eigenvalue weighted by molar-refractivity contribution is 5.94. The second kappa shape index (κ2) is 7.67. The zero-order chi connectivity index (χ0) is 15.1. The molecule has 6 nitrogen and oxygen atoms in total. The first-order valence-electron chi connectivity index (χ1n) is 6.96. The minimum Gasteiger partial charge on any atom is -0.481 e. The molecule has 1 rings (SSSR count). The van der Waals surface area contributed by atoms with Crippen LogP contribution in [0.5, 0.6) is 0 Å². The summed E-state index contributed by atoms with van der Waals surface area (Å²) in [6.07, 6.45) is 3.80. The summed E-state index contributed by atoms with van der Waals surface area (Å²) in [5, 5.41) is 13.5. The third-order valence-corrected chi connectivity index (χ3v) is 3.26. The number of hydrogen-bond donors (Lipinski definition) is 1. The molecule has 0 aliphatic heterocycles. The van der Waals surface area contributed by atoms with Crippen LogP contribution in [0.4, 0.5) is 0 Å². The lowest BCUT2D eigenvalue weighted by Gasteiger charge is -2.13. The van der Waals surface area contributed by atoms with Crippen LogP contribution in [-0.4, -0.2) is 33.4 Å². The topological polar surface area (TPSA) is 81.4 Å². The number of aliphatic carboxylic acids is 1. The Morgan fingerprint density at radius 3 is 2.50 bits per heavy atom. The van der Waals surface area contributed by atoms with Gasteiger partial charge in [0.25, 0.3) is 0 Å². The van der Waals surface area contributed by atoms with E-state index in [1.165, 1.54) is 0 Å². The number of ether oxygens (including phenoxy) is 1. The SMILES string of the molecule is CCOC(=O)C(Cc1ccn(C(CC)CC)n1)C(=O)O. The standard InChI is InChI=1S/C14H22N2O4/c1-4-11(5-2)16-8-7-10(15-16)9-12(13(17)18)14(19)20-6-3/h7-8,11-12H,4-6,9H2,1-3H3,(H,17,18). The van der Waals surface area contributed by atoms with Crippen LogP contribution in [-0.2, 0) is 20.7 Å². The van der Waals surface area contributed by atoms with E-state index in [0.717, 1.165) is 12.8 Å². The van der Waals surface area contributed by atoms with Gasteiger partial charge in [-0.3, -0.25) is 14.3 Å². The van der Waals surface area contributed by atoms with E-state index in [1.54, 1.807) is 13.0 Å². The molecule has 0 aromatic carbocycles. The summed E-state index contributed by atoms with van der Waals surface area (Å²) in [4.78, 5) is 22.7. The summed E-state index contributed by atoms with van der Waals surface area (Å²) in [7, 11) is 0. The molecule has 1 heterocycles. The quantitative estimate of drug-likeness (QED) is 0.583. The highest BCUT2D eigenvalue weighted by Crippen LogP contribution is 2.16. The second-order valence-electron chi connectivity index (χ2n) is 4.60. The van der Waals surface area contributed by atoms with Crippen LogP contribution in [0.15, 0.2) is 12.3 Å². The van der Waals surface area contributed by atoms with E-state index in [1.807, 2.05) is 10.9 Å². The monoisotopic (exact) mass is 282 g/mol. The Labute approximate surface area is 118 Å². The van der Waals surface area contributed by atoms with Gasteiger partial charge in [0.2, 0.25) is 0 Å². The van der Waals surface area contributed by atoms with Crippen molar-refractivity contribution in [1.82, 2.24) is 9.78 Å². The van der Waals surface area contributed by atoms with Crippen LogP contribution in [0.25, 0.3) is 0 Å². The van der Waals surface area contributed by atoms with E-state index in [9.17, 15) is 9.59 Å². The van der Waals surface area contributed by atoms with Gasteiger partial charge in [0.15, 0.2) is 5.92 Å². The molecule has 20 heavy (non-hydrogen) atoms. The summed E-state index contributed by atoms with van der Waals surface area (Å²) in [6, 6.07) is 2.06. The molecular weight excluding hydrogens is 260 g/mol. The highest BCUT2D eigenvalue weighted by Gasteiger charge is 2.29. The molecule has 0 aliphatic carbocycles. The summed E-state index contributed by atoms with van der Waals surface area (Å²) in [6.45, 7) is 5.98. The van der Waals surface area contributed by atoms with Gasteiger partial charge in [-0.25, -0.2) is 0 Å². The fourth-order valence-electron chi connectivity index (χ4n) is 2.08. The van der Waals surface area contributed by atoms with Crippen molar-refractivity contribution in [1.29, 1.82) is 0 Å². The van der Waals surface area contributed by atoms with Crippen LogP contribution in [0, 0.1) is 5.92 Å². The zero-order valence-corrected chi connectivity index (χ0v) is 12.2. The third kappa shape index (κ3) is 4.08. The molecule has 0 saturated carbocycles. The van der Waals surface area contributed by atoms with Crippen molar-refractivity contribution in [2.75, 3.05) is 6.61 Å². The average molecular weight is 282 g/mol. The number of carbonyl (C=O) groups excluding carboxylic acids is 1. The summed E-state index contributed by atoms with van der Waals surface area (Å²) in [5.41, 5.74) is 0.595. The van der Waals surface area contributed by atoms with Gasteiger partial charge in [-0.1, -0.05) is 13.8 Å². The average Bonchev–Trinajstić information content (AvgIpc) is 2.86. The first-order chi connectivity index (χ1) is 9.53. The Kier molecular flexibility index (Phi) is 6.21. The van der Waals surface area contributed by atoms with Gasteiger partial charge in [0.05, 0.1) is 18.3 Å². The molecule has 1 aromatic heterocycles. The lowest BCUT2D eigenvalue weighted by atomic mass is 10.0. The summed E-state index contributed by atoms with van der Waals surface area (Å²) in [5.74, 6) is -3.09. The lowest BCUT2D eigenvalue weighted by Crippen LogP contribution is -2.28. The number of aromatic nitrogens is 2. The van der Waals surface area contributed by atoms with Crippen molar-refractivity contribution in [2.24, 2.45) is 5.92 Å². The molecule has 6 heteroatoms. The Morgan fingerprint density at radius 2 is 2.00 bits per heavy atom. The minimum absolute atomic E-state index is 0.0569. The maximum Gasteiger partial charge on any atom is 0.320 e. The molecule has 0 bridgehead atoms. The van der Waals surface area contributed by atoms with Gasteiger partial charge in [0, 0.05) is 12.6 Å². The van der Waals surface area contributed by atoms with E-state index in [2.05, 4.69) is 18.9 Å². The van der Waals surface area contributed by atoms with E-state index in [-0.39, 0.29) is 13.0 Å². The van der Waals surface area contributed by atoms with E-state index in [4.69, 9.17) is 9.84 Å². The first kappa shape index (κ1) is 16.2. The molecular formula is C14H22N2O4. The maximum absolute atomic E-state index is 11.6. The van der Waals surface area contributed by atoms with Crippen LogP contribution in [0.3, 0.4) is 0 Å². The van der Waals surface area contributed by atoms with Crippen LogP contribution < -0.4 is 0 Å². The number of nitrogens with zero attached hydrogens (tertiary/aromatic N) is 2. The third-order valence-electron chi connectivity index (χ3n) is 3.26. The Morgan fingerprint density at radius 1 is 1.35 bits per heavy atom. The molecule has 1 aromatic rings. The number of esters is 1. The number of hydrogen-bond acceptors (Lipinski definition) is 4. The highest BCUT2D eigenvalue weighted by atomic mass is 16.5. The van der Waals surface area contributed by atoms with Gasteiger partial charge in [-0.2, -0.15) is 5.10 Å².